The molecule has 0 radical (unpaired) electrons. The van der Waals surface area contributed by atoms with Crippen molar-refractivity contribution in [2.24, 2.45) is 10.7 Å². The van der Waals surface area contributed by atoms with Crippen LogP contribution >= 0.6 is 11.3 Å². The molecule has 0 spiro atoms. The normalized spacial score (nSPS) is 16.5. The van der Waals surface area contributed by atoms with E-state index in [0.717, 1.165) is 44.9 Å². The van der Waals surface area contributed by atoms with Crippen LogP contribution in [0.1, 0.15) is 80.0 Å². The second kappa shape index (κ2) is 12.7. The number of rotatable bonds is 8. The third-order valence-electron chi connectivity index (χ3n) is 8.96. The van der Waals surface area contributed by atoms with Crippen molar-refractivity contribution >= 4 is 39.5 Å². The summed E-state index contributed by atoms with van der Waals surface area (Å²) in [5.41, 5.74) is 11.8. The summed E-state index contributed by atoms with van der Waals surface area (Å²) in [5, 5.41) is 11.0. The number of benzene rings is 1. The van der Waals surface area contributed by atoms with Gasteiger partial charge in [-0.1, -0.05) is 24.1 Å². The van der Waals surface area contributed by atoms with Gasteiger partial charge in [-0.3, -0.25) is 9.78 Å². The minimum Gasteiger partial charge on any atom is -0.463 e. The van der Waals surface area contributed by atoms with Crippen LogP contribution in [0.2, 0.25) is 0 Å². The number of aromatic nitrogens is 2. The van der Waals surface area contributed by atoms with E-state index in [-0.39, 0.29) is 23.8 Å². The van der Waals surface area contributed by atoms with Crippen LogP contribution in [0.4, 0.5) is 4.79 Å². The van der Waals surface area contributed by atoms with Crippen LogP contribution in [-0.2, 0) is 10.2 Å². The first-order chi connectivity index (χ1) is 21.3. The highest BCUT2D eigenvalue weighted by Crippen LogP contribution is 2.43. The highest BCUT2D eigenvalue weighted by Gasteiger charge is 2.34. The predicted molar refractivity (Wildman–Crippen MR) is 182 cm³/mol. The lowest BCUT2D eigenvalue weighted by Gasteiger charge is -2.36. The van der Waals surface area contributed by atoms with Crippen molar-refractivity contribution in [2.45, 2.75) is 78.2 Å². The molecule has 2 amide bonds. The van der Waals surface area contributed by atoms with Gasteiger partial charge in [-0.2, -0.15) is 0 Å². The topological polar surface area (TPSA) is 128 Å². The van der Waals surface area contributed by atoms with Gasteiger partial charge in [0, 0.05) is 60.2 Å². The van der Waals surface area contributed by atoms with E-state index >= 15 is 0 Å². The van der Waals surface area contributed by atoms with E-state index in [1.165, 1.54) is 16.7 Å². The summed E-state index contributed by atoms with van der Waals surface area (Å²) in [7, 11) is 0. The summed E-state index contributed by atoms with van der Waals surface area (Å²) in [5.74, 6) is 0.374. The number of carboxylic acid groups (broad SMARTS) is 1. The number of nitrogens with one attached hydrogen (secondary N) is 1. The van der Waals surface area contributed by atoms with Crippen molar-refractivity contribution in [3.05, 3.63) is 75.9 Å². The molecule has 4 heterocycles. The molecule has 1 fully saturated rings. The predicted octanol–water partition coefficient (Wildman–Crippen LogP) is 7.01. The Bertz CT molecular complexity index is 1720. The highest BCUT2D eigenvalue weighted by molar-refractivity contribution is 7.19. The van der Waals surface area contributed by atoms with Crippen LogP contribution in [0.3, 0.4) is 0 Å². The second-order valence-corrected chi connectivity index (χ2v) is 14.2. The second-order valence-electron chi connectivity index (χ2n) is 13.2. The first kappa shape index (κ1) is 32.2. The number of amides is 2. The number of H-pyrrole nitrogens is 1. The van der Waals surface area contributed by atoms with Crippen molar-refractivity contribution in [3.8, 4) is 11.3 Å². The fraction of sp³-hybridized carbons (Fsp3) is 0.429. The monoisotopic (exact) mass is 628 g/mol. The number of aryl methyl sites for hydroxylation is 2. The zero-order valence-electron chi connectivity index (χ0n) is 27.2. The Kier molecular flexibility index (Phi) is 9.07. The highest BCUT2D eigenvalue weighted by atomic mass is 32.1. The summed E-state index contributed by atoms with van der Waals surface area (Å²) < 4.78 is 0. The molecule has 1 unspecified atom stereocenters. The molecule has 3 aromatic heterocycles. The minimum absolute atomic E-state index is 0.00328. The fourth-order valence-corrected chi connectivity index (χ4v) is 7.63. The van der Waals surface area contributed by atoms with Gasteiger partial charge in [0.15, 0.2) is 0 Å². The van der Waals surface area contributed by atoms with Crippen molar-refractivity contribution in [1.29, 1.82) is 0 Å². The molecule has 2 atom stereocenters. The smallest absolute Gasteiger partial charge is 0.434 e. The van der Waals surface area contributed by atoms with Gasteiger partial charge in [0.05, 0.1) is 11.1 Å². The van der Waals surface area contributed by atoms with Crippen LogP contribution < -0.4 is 5.73 Å². The van der Waals surface area contributed by atoms with Gasteiger partial charge in [-0.25, -0.2) is 4.79 Å². The van der Waals surface area contributed by atoms with E-state index < -0.39 is 11.5 Å². The third kappa shape index (κ3) is 6.61. The summed E-state index contributed by atoms with van der Waals surface area (Å²) in [6.07, 6.45) is 3.31. The molecule has 238 valence electrons. The summed E-state index contributed by atoms with van der Waals surface area (Å²) >= 11 is 1.56. The number of aromatic amines is 1. The number of carbonyl (C=O) groups is 2. The molecule has 5 rings (SSSR count). The number of primary amides is 1. The van der Waals surface area contributed by atoms with Crippen molar-refractivity contribution in [3.63, 3.8) is 0 Å². The number of pyridine rings is 1. The average molecular weight is 629 g/mol. The fourth-order valence-electron chi connectivity index (χ4n) is 6.45. The van der Waals surface area contributed by atoms with E-state index in [1.54, 1.807) is 23.7 Å². The molecule has 1 aliphatic rings. The zero-order valence-corrected chi connectivity index (χ0v) is 28.0. The molecule has 0 saturated carbocycles. The molecule has 1 aliphatic heterocycles. The number of hydrogen-bond acceptors (Lipinski definition) is 4. The van der Waals surface area contributed by atoms with Crippen LogP contribution in [0.5, 0.6) is 0 Å². The number of thiophene rings is 1. The molecule has 45 heavy (non-hydrogen) atoms. The molecule has 10 heteroatoms. The van der Waals surface area contributed by atoms with Crippen molar-refractivity contribution in [1.82, 2.24) is 19.8 Å². The summed E-state index contributed by atoms with van der Waals surface area (Å²) in [6, 6.07) is 12.7. The molecule has 9 nitrogen and oxygen atoms in total. The molecule has 1 saturated heterocycles. The van der Waals surface area contributed by atoms with Crippen LogP contribution in [0, 0.1) is 13.8 Å². The Morgan fingerprint density at radius 2 is 1.82 bits per heavy atom. The average Bonchev–Trinajstić information content (AvgIpc) is 3.70. The number of likely N-dealkylation sites (tertiary alicyclic amines) is 1. The number of nitrogens with two attached hydrogens (primary N) is 1. The minimum atomic E-state index is -1.20. The van der Waals surface area contributed by atoms with E-state index in [1.807, 2.05) is 26.0 Å². The summed E-state index contributed by atoms with van der Waals surface area (Å²) in [4.78, 5) is 42.6. The van der Waals surface area contributed by atoms with Gasteiger partial charge < -0.3 is 25.6 Å². The Hall–Kier alpha value is -4.18. The lowest BCUT2D eigenvalue weighted by atomic mass is 9.89. The van der Waals surface area contributed by atoms with E-state index in [9.17, 15) is 14.7 Å². The maximum atomic E-state index is 12.4. The van der Waals surface area contributed by atoms with Crippen molar-refractivity contribution < 1.29 is 14.7 Å². The maximum absolute atomic E-state index is 12.4. The molecule has 1 aromatic carbocycles. The first-order valence-corrected chi connectivity index (χ1v) is 16.4. The summed E-state index contributed by atoms with van der Waals surface area (Å²) in [6.45, 7) is 16.2. The van der Waals surface area contributed by atoms with Gasteiger partial charge in [-0.05, 0) is 95.0 Å². The van der Waals surface area contributed by atoms with Gasteiger partial charge >= 0.3 is 6.09 Å². The third-order valence-corrected chi connectivity index (χ3v) is 10.3. The zero-order chi connectivity index (χ0) is 32.6. The van der Waals surface area contributed by atoms with E-state index in [2.05, 4.69) is 83.6 Å². The van der Waals surface area contributed by atoms with Gasteiger partial charge in [0.2, 0.25) is 11.9 Å². The molecular formula is C35H44N6O3S. The lowest BCUT2D eigenvalue weighted by Crippen LogP contribution is -2.48. The van der Waals surface area contributed by atoms with Gasteiger partial charge in [-0.15, -0.1) is 16.3 Å². The standard InChI is InChI=1S/C35H44N6O3S/c1-20(2)41(33(39-34(43)44)40-13-10-25(19-40)24-8-11-37-12-9-24)18-23(5)29-27-17-28(35(6,7)32(36)42)45-31(27)38-30(29)26-15-21(3)14-22(4)16-26/h8-9,11-12,14-17,20,23,25,38H,10,13,18-19H2,1-7H3,(H2,36,42)(H,43,44)/t23-,25?/m0/s1. The van der Waals surface area contributed by atoms with E-state index in [4.69, 9.17) is 5.73 Å². The molecule has 0 bridgehead atoms. The number of nitrogens with zero attached hydrogens (tertiary/aromatic N) is 4. The largest absolute Gasteiger partial charge is 0.463 e. The Labute approximate surface area is 269 Å². The number of hydrogen-bond donors (Lipinski definition) is 3. The van der Waals surface area contributed by atoms with Crippen molar-refractivity contribution in [2.75, 3.05) is 19.6 Å². The van der Waals surface area contributed by atoms with Crippen LogP contribution in [0.15, 0.2) is 53.8 Å². The SMILES string of the molecule is Cc1cc(C)cc(-c2[nH]c3sc(C(C)(C)C(N)=O)cc3c2[C@@H](C)CN(C(=NC(=O)O)N2CCC(c3ccncc3)C2)C(C)C)c1. The Balaban J connectivity index is 1.56. The number of aliphatic imine (C=N–C) groups is 1. The quantitative estimate of drug-likeness (QED) is 0.142. The molecule has 4 N–H and O–H groups in total. The Morgan fingerprint density at radius 1 is 1.16 bits per heavy atom. The lowest BCUT2D eigenvalue weighted by molar-refractivity contribution is -0.122. The van der Waals surface area contributed by atoms with Crippen LogP contribution in [-0.4, -0.2) is 68.5 Å². The number of fused-ring (bicyclic) bond motifs is 1. The molecule has 4 aromatic rings. The van der Waals surface area contributed by atoms with Gasteiger partial charge in [0.1, 0.15) is 4.83 Å². The molecule has 0 aliphatic carbocycles. The van der Waals surface area contributed by atoms with Crippen LogP contribution in [0.25, 0.3) is 21.5 Å². The number of carbonyl (C=O) groups excluding carboxylic acids is 1. The van der Waals surface area contributed by atoms with Gasteiger partial charge in [0.25, 0.3) is 0 Å². The maximum Gasteiger partial charge on any atom is 0.434 e. The van der Waals surface area contributed by atoms with E-state index in [0.29, 0.717) is 19.0 Å². The number of guanidine groups is 1. The Morgan fingerprint density at radius 3 is 2.42 bits per heavy atom. The first-order valence-electron chi connectivity index (χ1n) is 15.5. The molecular weight excluding hydrogens is 584 g/mol.